The molecule has 3 amide bonds. The second kappa shape index (κ2) is 8.08. The average Bonchev–Trinajstić information content (AvgIpc) is 3.22. The molecule has 2 unspecified atom stereocenters. The van der Waals surface area contributed by atoms with Crippen LogP contribution in [-0.2, 0) is 11.2 Å². The van der Waals surface area contributed by atoms with Crippen LogP contribution in [-0.4, -0.2) is 57.0 Å². The molecule has 7 nitrogen and oxygen atoms in total. The Hall–Kier alpha value is -3.03. The number of hydrogen-bond acceptors (Lipinski definition) is 4. The van der Waals surface area contributed by atoms with Gasteiger partial charge >= 0.3 is 6.03 Å². The van der Waals surface area contributed by atoms with Crippen molar-refractivity contribution in [1.29, 1.82) is 0 Å². The number of fused-ring (bicyclic) bond motifs is 4. The van der Waals surface area contributed by atoms with Crippen LogP contribution in [0.15, 0.2) is 42.5 Å². The Morgan fingerprint density at radius 3 is 2.82 bits per heavy atom. The van der Waals surface area contributed by atoms with Crippen molar-refractivity contribution in [3.8, 4) is 5.75 Å². The van der Waals surface area contributed by atoms with Crippen LogP contribution in [0.2, 0.25) is 5.02 Å². The zero-order valence-electron chi connectivity index (χ0n) is 18.7. The normalized spacial score (nSPS) is 22.2. The third-order valence-electron chi connectivity index (χ3n) is 6.80. The topological polar surface area (TPSA) is 88.7 Å². The van der Waals surface area contributed by atoms with E-state index in [-0.39, 0.29) is 17.7 Å². The van der Waals surface area contributed by atoms with Crippen molar-refractivity contribution in [2.75, 3.05) is 19.6 Å². The summed E-state index contributed by atoms with van der Waals surface area (Å²) < 4.78 is 0. The highest BCUT2D eigenvalue weighted by molar-refractivity contribution is 6.31. The number of benzene rings is 2. The van der Waals surface area contributed by atoms with E-state index in [0.717, 1.165) is 40.8 Å². The molecule has 3 aromatic rings. The van der Waals surface area contributed by atoms with Gasteiger partial charge in [0.25, 0.3) is 5.91 Å². The summed E-state index contributed by atoms with van der Waals surface area (Å²) in [6.45, 7) is 5.82. The van der Waals surface area contributed by atoms with E-state index in [2.05, 4.69) is 10.3 Å². The molecule has 0 radical (unpaired) electrons. The van der Waals surface area contributed by atoms with Crippen LogP contribution in [0.25, 0.3) is 10.9 Å². The first-order valence-electron chi connectivity index (χ1n) is 11.3. The molecule has 2 atom stereocenters. The standard InChI is InChI=1S/C25H27ClN4O3/c1-3-27-10-5-11-29-23(32)25(2)14-19-18-13-16(26)8-9-20(18)28-21(19)22(30(25)24(29)33)15-6-4-7-17(31)12-15/h4,6-9,12-13,22,27-28,31H,3,5,10-11,14H2,1-2H3. The van der Waals surface area contributed by atoms with Gasteiger partial charge in [-0.2, -0.15) is 0 Å². The molecule has 0 bridgehead atoms. The largest absolute Gasteiger partial charge is 0.508 e. The van der Waals surface area contributed by atoms with Crippen molar-refractivity contribution in [1.82, 2.24) is 20.1 Å². The zero-order valence-corrected chi connectivity index (χ0v) is 19.4. The van der Waals surface area contributed by atoms with Crippen LogP contribution < -0.4 is 5.32 Å². The van der Waals surface area contributed by atoms with E-state index in [1.807, 2.05) is 38.1 Å². The molecule has 1 aromatic heterocycles. The van der Waals surface area contributed by atoms with E-state index in [9.17, 15) is 14.7 Å². The monoisotopic (exact) mass is 466 g/mol. The number of nitrogens with one attached hydrogen (secondary N) is 2. The first kappa shape index (κ1) is 21.8. The van der Waals surface area contributed by atoms with Crippen LogP contribution in [0.1, 0.15) is 43.1 Å². The molecule has 0 spiro atoms. The first-order valence-corrected chi connectivity index (χ1v) is 11.7. The van der Waals surface area contributed by atoms with Crippen molar-refractivity contribution in [2.45, 2.75) is 38.3 Å². The van der Waals surface area contributed by atoms with Crippen molar-refractivity contribution in [3.05, 3.63) is 64.3 Å². The summed E-state index contributed by atoms with van der Waals surface area (Å²) in [7, 11) is 0. The first-order chi connectivity index (χ1) is 15.8. The minimum Gasteiger partial charge on any atom is -0.508 e. The van der Waals surface area contributed by atoms with Gasteiger partial charge < -0.3 is 15.4 Å². The lowest BCUT2D eigenvalue weighted by atomic mass is 9.81. The number of amides is 3. The van der Waals surface area contributed by atoms with Gasteiger partial charge in [-0.1, -0.05) is 30.7 Å². The van der Waals surface area contributed by atoms with E-state index >= 15 is 0 Å². The maximum Gasteiger partial charge on any atom is 0.328 e. The van der Waals surface area contributed by atoms with Crippen molar-refractivity contribution >= 4 is 34.4 Å². The van der Waals surface area contributed by atoms with E-state index in [1.165, 1.54) is 4.90 Å². The lowest BCUT2D eigenvalue weighted by Crippen LogP contribution is -2.53. The van der Waals surface area contributed by atoms with Gasteiger partial charge in [-0.05, 0) is 67.9 Å². The third kappa shape index (κ3) is 3.38. The fraction of sp³-hybridized carbons (Fsp3) is 0.360. The summed E-state index contributed by atoms with van der Waals surface area (Å²) in [6, 6.07) is 11.7. The molecule has 1 fully saturated rings. The highest BCUT2D eigenvalue weighted by atomic mass is 35.5. The number of carbonyl (C=O) groups is 2. The predicted octanol–water partition coefficient (Wildman–Crippen LogP) is 4.19. The number of imide groups is 1. The SMILES string of the molecule is CCNCCCN1C(=O)N2C(c3cccc(O)c3)c3[nH]c4ccc(Cl)cc4c3CC2(C)C1=O. The van der Waals surface area contributed by atoms with Crippen molar-refractivity contribution < 1.29 is 14.7 Å². The Labute approximate surface area is 197 Å². The van der Waals surface area contributed by atoms with Crippen LogP contribution in [0.5, 0.6) is 5.75 Å². The Balaban J connectivity index is 1.65. The molecule has 33 heavy (non-hydrogen) atoms. The molecule has 0 saturated carbocycles. The summed E-state index contributed by atoms with van der Waals surface area (Å²) in [5.74, 6) is -0.0721. The number of phenols is 1. The lowest BCUT2D eigenvalue weighted by molar-refractivity contribution is -0.133. The average molecular weight is 467 g/mol. The molecule has 1 saturated heterocycles. The summed E-state index contributed by atoms with van der Waals surface area (Å²) >= 11 is 6.30. The highest BCUT2D eigenvalue weighted by Gasteiger charge is 2.60. The van der Waals surface area contributed by atoms with Gasteiger partial charge in [-0.15, -0.1) is 0 Å². The minimum absolute atomic E-state index is 0.112. The van der Waals surface area contributed by atoms with E-state index in [1.54, 1.807) is 23.1 Å². The number of aromatic nitrogens is 1. The lowest BCUT2D eigenvalue weighted by Gasteiger charge is -2.42. The Bertz CT molecular complexity index is 1260. The number of carbonyl (C=O) groups excluding carboxylic acids is 2. The van der Waals surface area contributed by atoms with Gasteiger partial charge in [-0.25, -0.2) is 4.79 Å². The molecule has 3 N–H and O–H groups in total. The summed E-state index contributed by atoms with van der Waals surface area (Å²) in [4.78, 5) is 33.9. The number of hydrogen-bond donors (Lipinski definition) is 3. The van der Waals surface area contributed by atoms with Crippen LogP contribution >= 0.6 is 11.6 Å². The number of nitrogens with zero attached hydrogens (tertiary/aromatic N) is 2. The number of aromatic amines is 1. The van der Waals surface area contributed by atoms with Gasteiger partial charge in [0.2, 0.25) is 0 Å². The molecule has 3 heterocycles. The van der Waals surface area contributed by atoms with E-state index in [0.29, 0.717) is 24.4 Å². The van der Waals surface area contributed by atoms with Crippen molar-refractivity contribution in [2.24, 2.45) is 0 Å². The molecule has 5 rings (SSSR count). The quantitative estimate of drug-likeness (QED) is 0.375. The van der Waals surface area contributed by atoms with E-state index < -0.39 is 11.6 Å². The summed E-state index contributed by atoms with van der Waals surface area (Å²) in [6.07, 6.45) is 1.09. The number of halogens is 1. The Morgan fingerprint density at radius 1 is 1.24 bits per heavy atom. The van der Waals surface area contributed by atoms with Gasteiger partial charge in [0, 0.05) is 34.6 Å². The van der Waals surface area contributed by atoms with Crippen LogP contribution in [0, 0.1) is 0 Å². The van der Waals surface area contributed by atoms with Crippen LogP contribution in [0.3, 0.4) is 0 Å². The van der Waals surface area contributed by atoms with Gasteiger partial charge in [0.1, 0.15) is 17.3 Å². The molecular formula is C25H27ClN4O3. The Kier molecular flexibility index (Phi) is 5.34. The second-order valence-corrected chi connectivity index (χ2v) is 9.41. The second-order valence-electron chi connectivity index (χ2n) is 8.97. The number of phenolic OH excluding ortho intramolecular Hbond substituents is 1. The molecular weight excluding hydrogens is 440 g/mol. The fourth-order valence-corrected chi connectivity index (χ4v) is 5.43. The fourth-order valence-electron chi connectivity index (χ4n) is 5.26. The van der Waals surface area contributed by atoms with Gasteiger partial charge in [0.15, 0.2) is 0 Å². The van der Waals surface area contributed by atoms with Crippen molar-refractivity contribution in [3.63, 3.8) is 0 Å². The molecule has 2 aromatic carbocycles. The molecule has 8 heteroatoms. The van der Waals surface area contributed by atoms with E-state index in [4.69, 9.17) is 11.6 Å². The summed E-state index contributed by atoms with van der Waals surface area (Å²) in [5.41, 5.74) is 2.45. The zero-order chi connectivity index (χ0) is 23.3. The maximum absolute atomic E-state index is 13.7. The number of rotatable bonds is 6. The smallest absolute Gasteiger partial charge is 0.328 e. The number of aromatic hydroxyl groups is 1. The Morgan fingerprint density at radius 2 is 2.06 bits per heavy atom. The maximum atomic E-state index is 13.7. The van der Waals surface area contributed by atoms with Crippen LogP contribution in [0.4, 0.5) is 4.79 Å². The highest BCUT2D eigenvalue weighted by Crippen LogP contribution is 2.49. The predicted molar refractivity (Wildman–Crippen MR) is 127 cm³/mol. The number of urea groups is 1. The molecule has 0 aliphatic carbocycles. The third-order valence-corrected chi connectivity index (χ3v) is 7.03. The summed E-state index contributed by atoms with van der Waals surface area (Å²) in [5, 5.41) is 15.0. The van der Waals surface area contributed by atoms with Gasteiger partial charge in [0.05, 0.1) is 0 Å². The van der Waals surface area contributed by atoms with Gasteiger partial charge in [-0.3, -0.25) is 14.6 Å². The molecule has 172 valence electrons. The number of H-pyrrole nitrogens is 1. The minimum atomic E-state index is -1.03. The molecule has 2 aliphatic heterocycles. The molecule has 2 aliphatic rings.